The number of likely N-dealkylation sites (tertiary alicyclic amines) is 1. The molecular formula is C19H31ClN4. The van der Waals surface area contributed by atoms with Crippen molar-refractivity contribution in [3.05, 3.63) is 34.9 Å². The van der Waals surface area contributed by atoms with E-state index in [-0.39, 0.29) is 0 Å². The van der Waals surface area contributed by atoms with Gasteiger partial charge in [-0.2, -0.15) is 0 Å². The molecule has 0 bridgehead atoms. The Hall–Kier alpha value is -1.26. The van der Waals surface area contributed by atoms with Crippen LogP contribution >= 0.6 is 11.6 Å². The number of guanidine groups is 1. The maximum absolute atomic E-state index is 6.27. The highest BCUT2D eigenvalue weighted by Gasteiger charge is 2.20. The highest BCUT2D eigenvalue weighted by Crippen LogP contribution is 2.21. The first-order chi connectivity index (χ1) is 11.6. The Morgan fingerprint density at radius 2 is 2.04 bits per heavy atom. The number of halogens is 1. The molecule has 2 N–H and O–H groups in total. The Bertz CT molecular complexity index is 524. The van der Waals surface area contributed by atoms with Crippen molar-refractivity contribution in [2.75, 3.05) is 26.7 Å². The minimum atomic E-state index is 0.452. The molecule has 4 nitrogen and oxygen atoms in total. The molecule has 5 heteroatoms. The number of benzene rings is 1. The molecule has 0 radical (unpaired) electrons. The van der Waals surface area contributed by atoms with Crippen LogP contribution in [0.2, 0.25) is 5.02 Å². The first-order valence-electron chi connectivity index (χ1n) is 9.05. The van der Waals surface area contributed by atoms with Crippen molar-refractivity contribution in [2.45, 2.75) is 45.7 Å². The zero-order valence-electron chi connectivity index (χ0n) is 15.2. The summed E-state index contributed by atoms with van der Waals surface area (Å²) in [5, 5.41) is 7.77. The van der Waals surface area contributed by atoms with Gasteiger partial charge in [0.25, 0.3) is 0 Å². The van der Waals surface area contributed by atoms with Crippen molar-refractivity contribution in [3.63, 3.8) is 0 Å². The SMILES string of the molecule is CCC(C)NC(=NC)NCC1CCN(Cc2ccccc2Cl)CC1. The van der Waals surface area contributed by atoms with Gasteiger partial charge in [-0.1, -0.05) is 36.7 Å². The second-order valence-corrected chi connectivity index (χ2v) is 7.12. The third-order valence-corrected chi connectivity index (χ3v) is 5.20. The minimum Gasteiger partial charge on any atom is -0.356 e. The Labute approximate surface area is 151 Å². The average Bonchev–Trinajstić information content (AvgIpc) is 2.61. The molecule has 1 fully saturated rings. The maximum Gasteiger partial charge on any atom is 0.191 e. The number of nitrogens with zero attached hydrogens (tertiary/aromatic N) is 2. The van der Waals surface area contributed by atoms with Gasteiger partial charge in [-0.3, -0.25) is 9.89 Å². The normalized spacial score (nSPS) is 18.4. The lowest BCUT2D eigenvalue weighted by molar-refractivity contribution is 0.178. The molecule has 0 spiro atoms. The molecule has 1 unspecified atom stereocenters. The van der Waals surface area contributed by atoms with Gasteiger partial charge >= 0.3 is 0 Å². The van der Waals surface area contributed by atoms with E-state index in [1.807, 2.05) is 19.2 Å². The van der Waals surface area contributed by atoms with Gasteiger partial charge in [0.05, 0.1) is 0 Å². The lowest BCUT2D eigenvalue weighted by Crippen LogP contribution is -2.45. The Morgan fingerprint density at radius 1 is 1.33 bits per heavy atom. The van der Waals surface area contributed by atoms with Crippen LogP contribution in [0.3, 0.4) is 0 Å². The highest BCUT2D eigenvalue weighted by molar-refractivity contribution is 6.31. The van der Waals surface area contributed by atoms with Gasteiger partial charge in [0.1, 0.15) is 0 Å². The summed E-state index contributed by atoms with van der Waals surface area (Å²) >= 11 is 6.27. The van der Waals surface area contributed by atoms with Gasteiger partial charge in [0.2, 0.25) is 0 Å². The Kier molecular flexibility index (Phi) is 7.86. The Morgan fingerprint density at radius 3 is 2.67 bits per heavy atom. The van der Waals surface area contributed by atoms with Gasteiger partial charge in [0.15, 0.2) is 5.96 Å². The van der Waals surface area contributed by atoms with E-state index in [4.69, 9.17) is 11.6 Å². The van der Waals surface area contributed by atoms with Crippen molar-refractivity contribution in [3.8, 4) is 0 Å². The fraction of sp³-hybridized carbons (Fsp3) is 0.632. The van der Waals surface area contributed by atoms with Crippen LogP contribution < -0.4 is 10.6 Å². The molecule has 1 heterocycles. The standard InChI is InChI=1S/C19H31ClN4/c1-4-15(2)23-19(21-3)22-13-16-9-11-24(12-10-16)14-17-7-5-6-8-18(17)20/h5-8,15-16H,4,9-14H2,1-3H3,(H2,21,22,23). The molecule has 1 atom stereocenters. The van der Waals surface area contributed by atoms with Gasteiger partial charge in [-0.05, 0) is 56.8 Å². The summed E-state index contributed by atoms with van der Waals surface area (Å²) in [7, 11) is 1.84. The number of aliphatic imine (C=N–C) groups is 1. The number of hydrogen-bond donors (Lipinski definition) is 2. The van der Waals surface area contributed by atoms with Crippen molar-refractivity contribution < 1.29 is 0 Å². The van der Waals surface area contributed by atoms with Crippen LogP contribution in [0.25, 0.3) is 0 Å². The first kappa shape index (κ1) is 19.1. The van der Waals surface area contributed by atoms with Crippen LogP contribution in [0.4, 0.5) is 0 Å². The number of piperidine rings is 1. The molecule has 0 aromatic heterocycles. The summed E-state index contributed by atoms with van der Waals surface area (Å²) in [6.07, 6.45) is 3.54. The van der Waals surface area contributed by atoms with Crippen molar-refractivity contribution in [1.82, 2.24) is 15.5 Å². The lowest BCUT2D eigenvalue weighted by atomic mass is 9.96. The predicted molar refractivity (Wildman–Crippen MR) is 104 cm³/mol. The summed E-state index contributed by atoms with van der Waals surface area (Å²) < 4.78 is 0. The molecule has 1 saturated heterocycles. The smallest absolute Gasteiger partial charge is 0.191 e. The van der Waals surface area contributed by atoms with Crippen LogP contribution in [0.5, 0.6) is 0 Å². The topological polar surface area (TPSA) is 39.7 Å². The summed E-state index contributed by atoms with van der Waals surface area (Å²) in [5.74, 6) is 1.63. The highest BCUT2D eigenvalue weighted by atomic mass is 35.5. The van der Waals surface area contributed by atoms with Gasteiger partial charge in [0, 0.05) is 31.2 Å². The van der Waals surface area contributed by atoms with Crippen molar-refractivity contribution in [1.29, 1.82) is 0 Å². The number of nitrogens with one attached hydrogen (secondary N) is 2. The summed E-state index contributed by atoms with van der Waals surface area (Å²) in [6.45, 7) is 8.58. The molecule has 1 aromatic rings. The molecule has 134 valence electrons. The van der Waals surface area contributed by atoms with Crippen LogP contribution in [-0.2, 0) is 6.54 Å². The van der Waals surface area contributed by atoms with E-state index >= 15 is 0 Å². The largest absolute Gasteiger partial charge is 0.356 e. The van der Waals surface area contributed by atoms with Crippen molar-refractivity contribution in [2.24, 2.45) is 10.9 Å². The monoisotopic (exact) mass is 350 g/mol. The zero-order chi connectivity index (χ0) is 17.4. The van der Waals surface area contributed by atoms with Crippen LogP contribution in [0.1, 0.15) is 38.7 Å². The molecule has 0 amide bonds. The van der Waals surface area contributed by atoms with E-state index in [2.05, 4.69) is 46.5 Å². The summed E-state index contributed by atoms with van der Waals surface area (Å²) in [6, 6.07) is 8.61. The average molecular weight is 351 g/mol. The van der Waals surface area contributed by atoms with Gasteiger partial charge < -0.3 is 10.6 Å². The molecule has 1 aliphatic heterocycles. The maximum atomic E-state index is 6.27. The minimum absolute atomic E-state index is 0.452. The fourth-order valence-corrected chi connectivity index (χ4v) is 3.18. The second kappa shape index (κ2) is 9.90. The zero-order valence-corrected chi connectivity index (χ0v) is 15.9. The third-order valence-electron chi connectivity index (χ3n) is 4.84. The van der Waals surface area contributed by atoms with Crippen LogP contribution in [-0.4, -0.2) is 43.6 Å². The predicted octanol–water partition coefficient (Wildman–Crippen LogP) is 3.52. The Balaban J connectivity index is 1.72. The van der Waals surface area contributed by atoms with Gasteiger partial charge in [-0.25, -0.2) is 0 Å². The van der Waals surface area contributed by atoms with E-state index in [0.717, 1.165) is 43.6 Å². The fourth-order valence-electron chi connectivity index (χ4n) is 2.99. The van der Waals surface area contributed by atoms with Gasteiger partial charge in [-0.15, -0.1) is 0 Å². The van der Waals surface area contributed by atoms with E-state index in [9.17, 15) is 0 Å². The second-order valence-electron chi connectivity index (χ2n) is 6.72. The lowest BCUT2D eigenvalue weighted by Gasteiger charge is -2.32. The molecule has 0 aliphatic carbocycles. The third kappa shape index (κ3) is 5.99. The summed E-state index contributed by atoms with van der Waals surface area (Å²) in [4.78, 5) is 6.81. The number of hydrogen-bond acceptors (Lipinski definition) is 2. The summed E-state index contributed by atoms with van der Waals surface area (Å²) in [5.41, 5.74) is 1.23. The van der Waals surface area contributed by atoms with Crippen LogP contribution in [0, 0.1) is 5.92 Å². The van der Waals surface area contributed by atoms with E-state index in [0.29, 0.717) is 12.0 Å². The van der Waals surface area contributed by atoms with E-state index < -0.39 is 0 Å². The number of rotatable bonds is 6. The molecule has 2 rings (SSSR count). The molecular weight excluding hydrogens is 320 g/mol. The van der Waals surface area contributed by atoms with E-state index in [1.54, 1.807) is 0 Å². The van der Waals surface area contributed by atoms with E-state index in [1.165, 1.54) is 18.4 Å². The van der Waals surface area contributed by atoms with Crippen LogP contribution in [0.15, 0.2) is 29.3 Å². The molecule has 1 aliphatic rings. The first-order valence-corrected chi connectivity index (χ1v) is 9.43. The molecule has 24 heavy (non-hydrogen) atoms. The quantitative estimate of drug-likeness (QED) is 0.609. The molecule has 1 aromatic carbocycles. The van der Waals surface area contributed by atoms with Crippen molar-refractivity contribution >= 4 is 17.6 Å². The molecule has 0 saturated carbocycles.